The fraction of sp³-hybridized carbons (Fsp3) is 0.0833. The highest BCUT2D eigenvalue weighted by atomic mass is 79.9. The van der Waals surface area contributed by atoms with Crippen LogP contribution < -0.4 is 5.32 Å². The fourth-order valence-corrected chi connectivity index (χ4v) is 2.51. The number of amides is 1. The number of thiazole rings is 1. The third-order valence-corrected chi connectivity index (χ3v) is 3.70. The molecular formula is C12H10BrN3O3S. The van der Waals surface area contributed by atoms with Crippen molar-refractivity contribution in [2.75, 3.05) is 5.32 Å². The van der Waals surface area contributed by atoms with Crippen molar-refractivity contribution in [3.63, 3.8) is 0 Å². The van der Waals surface area contributed by atoms with Gasteiger partial charge in [-0.1, -0.05) is 21.1 Å². The number of halogens is 1. The largest absolute Gasteiger partial charge is 0.507 e. The summed E-state index contributed by atoms with van der Waals surface area (Å²) in [5.74, 6) is -0.584. The van der Waals surface area contributed by atoms with Crippen molar-refractivity contribution >= 4 is 44.0 Å². The van der Waals surface area contributed by atoms with Gasteiger partial charge in [0.2, 0.25) is 0 Å². The summed E-state index contributed by atoms with van der Waals surface area (Å²) in [5, 5.41) is 25.9. The number of hydrogen-bond acceptors (Lipinski definition) is 6. The fourth-order valence-electron chi connectivity index (χ4n) is 1.40. The zero-order valence-electron chi connectivity index (χ0n) is 10.3. The summed E-state index contributed by atoms with van der Waals surface area (Å²) in [6, 6.07) is 4.57. The second-order valence-electron chi connectivity index (χ2n) is 3.84. The molecule has 2 aromatic rings. The summed E-state index contributed by atoms with van der Waals surface area (Å²) in [4.78, 5) is 16.1. The Morgan fingerprint density at radius 1 is 1.50 bits per heavy atom. The average molecular weight is 356 g/mol. The van der Waals surface area contributed by atoms with E-state index in [1.54, 1.807) is 18.4 Å². The number of phenols is 1. The number of benzene rings is 1. The molecule has 20 heavy (non-hydrogen) atoms. The zero-order chi connectivity index (χ0) is 14.7. The number of aromatic nitrogens is 1. The van der Waals surface area contributed by atoms with Gasteiger partial charge in [-0.05, 0) is 25.1 Å². The molecule has 0 aliphatic carbocycles. The maximum Gasteiger partial charge on any atom is 0.261 e. The van der Waals surface area contributed by atoms with Crippen molar-refractivity contribution in [3.8, 4) is 5.75 Å². The number of anilines is 1. The summed E-state index contributed by atoms with van der Waals surface area (Å²) >= 11 is 4.43. The highest BCUT2D eigenvalue weighted by Gasteiger charge is 2.14. The van der Waals surface area contributed by atoms with Crippen molar-refractivity contribution in [1.29, 1.82) is 0 Å². The molecule has 0 saturated carbocycles. The van der Waals surface area contributed by atoms with Crippen molar-refractivity contribution in [1.82, 2.24) is 4.98 Å². The second kappa shape index (κ2) is 6.02. The Kier molecular flexibility index (Phi) is 4.35. The topological polar surface area (TPSA) is 94.8 Å². The Bertz CT molecular complexity index is 684. The van der Waals surface area contributed by atoms with Gasteiger partial charge in [-0.25, -0.2) is 4.98 Å². The number of aromatic hydroxyl groups is 1. The number of phenolic OH excluding ortho intramolecular Hbond substituents is 1. The lowest BCUT2D eigenvalue weighted by Gasteiger charge is -2.04. The molecule has 104 valence electrons. The minimum Gasteiger partial charge on any atom is -0.507 e. The Labute approximate surface area is 126 Å². The number of nitrogens with zero attached hydrogens (tertiary/aromatic N) is 2. The van der Waals surface area contributed by atoms with Crippen LogP contribution in [0.1, 0.15) is 23.0 Å². The van der Waals surface area contributed by atoms with Gasteiger partial charge >= 0.3 is 0 Å². The lowest BCUT2D eigenvalue weighted by Crippen LogP contribution is -2.12. The molecule has 0 atom stereocenters. The number of rotatable bonds is 3. The smallest absolute Gasteiger partial charge is 0.261 e. The van der Waals surface area contributed by atoms with Gasteiger partial charge in [0.15, 0.2) is 5.13 Å². The van der Waals surface area contributed by atoms with Gasteiger partial charge in [0.05, 0.1) is 5.56 Å². The van der Waals surface area contributed by atoms with Crippen LogP contribution in [-0.4, -0.2) is 26.9 Å². The molecule has 1 amide bonds. The van der Waals surface area contributed by atoms with Crippen LogP contribution in [0.5, 0.6) is 5.75 Å². The molecule has 1 heterocycles. The normalized spacial score (nSPS) is 11.4. The molecule has 2 rings (SSSR count). The number of carbonyl (C=O) groups is 1. The van der Waals surface area contributed by atoms with E-state index in [-0.39, 0.29) is 11.3 Å². The molecule has 6 nitrogen and oxygen atoms in total. The van der Waals surface area contributed by atoms with Gasteiger partial charge in [0.1, 0.15) is 17.2 Å². The second-order valence-corrected chi connectivity index (χ2v) is 5.61. The highest BCUT2D eigenvalue weighted by molar-refractivity contribution is 9.10. The number of carbonyl (C=O) groups excluding carboxylic acids is 1. The molecule has 8 heteroatoms. The van der Waals surface area contributed by atoms with E-state index < -0.39 is 5.91 Å². The number of oxime groups is 1. The Balaban J connectivity index is 2.19. The molecule has 0 saturated heterocycles. The maximum atomic E-state index is 12.0. The van der Waals surface area contributed by atoms with Crippen molar-refractivity contribution in [3.05, 3.63) is 39.3 Å². The number of nitrogens with one attached hydrogen (secondary N) is 1. The lowest BCUT2D eigenvalue weighted by atomic mass is 10.2. The van der Waals surface area contributed by atoms with Crippen LogP contribution >= 0.6 is 27.3 Å². The van der Waals surface area contributed by atoms with Gasteiger partial charge in [-0.15, -0.1) is 11.3 Å². The molecule has 3 N–H and O–H groups in total. The molecule has 0 spiro atoms. The quantitative estimate of drug-likeness (QED) is 0.448. The predicted octanol–water partition coefficient (Wildman–Crippen LogP) is 3.06. The van der Waals surface area contributed by atoms with Crippen LogP contribution in [0.2, 0.25) is 0 Å². The standard InChI is InChI=1S/C12H10BrN3O3S/c1-6(16-19)9-5-20-12(14-9)15-11(18)8-4-7(13)2-3-10(8)17/h2-5,17,19H,1H3,(H,14,15,18)/b16-6-. The van der Waals surface area contributed by atoms with Gasteiger partial charge in [0.25, 0.3) is 5.91 Å². The molecule has 0 fully saturated rings. The summed E-state index contributed by atoms with van der Waals surface area (Å²) in [5.41, 5.74) is 0.974. The third kappa shape index (κ3) is 3.14. The van der Waals surface area contributed by atoms with Crippen LogP contribution in [-0.2, 0) is 0 Å². The first-order valence-electron chi connectivity index (χ1n) is 5.45. The SMILES string of the molecule is C/C(=N/O)c1csc(NC(=O)c2cc(Br)ccc2O)n1. The summed E-state index contributed by atoms with van der Waals surface area (Å²) in [6.07, 6.45) is 0. The molecule has 0 aliphatic heterocycles. The first-order valence-corrected chi connectivity index (χ1v) is 7.13. The minimum absolute atomic E-state index is 0.115. The Morgan fingerprint density at radius 3 is 2.95 bits per heavy atom. The first kappa shape index (κ1) is 14.5. The predicted molar refractivity (Wildman–Crippen MR) is 79.9 cm³/mol. The Hall–Kier alpha value is -1.93. The molecule has 0 unspecified atom stereocenters. The van der Waals surface area contributed by atoms with Crippen LogP contribution in [0.15, 0.2) is 33.2 Å². The molecule has 0 aliphatic rings. The van der Waals surface area contributed by atoms with Crippen LogP contribution in [0.25, 0.3) is 0 Å². The third-order valence-electron chi connectivity index (χ3n) is 2.45. The van der Waals surface area contributed by atoms with E-state index in [1.807, 2.05) is 0 Å². The molecular weight excluding hydrogens is 346 g/mol. The summed E-state index contributed by atoms with van der Waals surface area (Å²) < 4.78 is 0.684. The van der Waals surface area contributed by atoms with Crippen molar-refractivity contribution in [2.45, 2.75) is 6.92 Å². The average Bonchev–Trinajstić information content (AvgIpc) is 2.89. The first-order chi connectivity index (χ1) is 9.51. The van der Waals surface area contributed by atoms with Gasteiger partial charge < -0.3 is 10.3 Å². The minimum atomic E-state index is -0.469. The summed E-state index contributed by atoms with van der Waals surface area (Å²) in [6.45, 7) is 1.60. The maximum absolute atomic E-state index is 12.0. The van der Waals surface area contributed by atoms with E-state index in [1.165, 1.54) is 23.5 Å². The van der Waals surface area contributed by atoms with Crippen LogP contribution in [0.3, 0.4) is 0 Å². The lowest BCUT2D eigenvalue weighted by molar-refractivity contribution is 0.102. The van der Waals surface area contributed by atoms with Crippen molar-refractivity contribution < 1.29 is 15.1 Å². The molecule has 0 bridgehead atoms. The Morgan fingerprint density at radius 2 is 2.25 bits per heavy atom. The number of hydrogen-bond donors (Lipinski definition) is 3. The van der Waals surface area contributed by atoms with Gasteiger partial charge in [0, 0.05) is 9.85 Å². The van der Waals surface area contributed by atoms with E-state index in [2.05, 4.69) is 31.4 Å². The van der Waals surface area contributed by atoms with E-state index in [4.69, 9.17) is 5.21 Å². The monoisotopic (exact) mass is 355 g/mol. The van der Waals surface area contributed by atoms with Crippen LogP contribution in [0, 0.1) is 0 Å². The van der Waals surface area contributed by atoms with E-state index in [9.17, 15) is 9.90 Å². The molecule has 1 aromatic heterocycles. The highest BCUT2D eigenvalue weighted by Crippen LogP contribution is 2.24. The van der Waals surface area contributed by atoms with Gasteiger partial charge in [-0.2, -0.15) is 0 Å². The molecule has 1 aromatic carbocycles. The van der Waals surface area contributed by atoms with E-state index >= 15 is 0 Å². The van der Waals surface area contributed by atoms with Crippen LogP contribution in [0.4, 0.5) is 5.13 Å². The summed E-state index contributed by atoms with van der Waals surface area (Å²) in [7, 11) is 0. The van der Waals surface area contributed by atoms with Crippen molar-refractivity contribution in [2.24, 2.45) is 5.16 Å². The molecule has 0 radical (unpaired) electrons. The van der Waals surface area contributed by atoms with E-state index in [0.29, 0.717) is 21.0 Å². The van der Waals surface area contributed by atoms with Gasteiger partial charge in [-0.3, -0.25) is 10.1 Å². The van der Waals surface area contributed by atoms with E-state index in [0.717, 1.165) is 0 Å². The zero-order valence-corrected chi connectivity index (χ0v) is 12.7.